The average Bonchev–Trinajstić information content (AvgIpc) is 3.51. The van der Waals surface area contributed by atoms with Crippen LogP contribution in [0.15, 0.2) is 70.2 Å². The van der Waals surface area contributed by atoms with Crippen LogP contribution in [0.1, 0.15) is 80.8 Å². The molecule has 0 saturated carbocycles. The third kappa shape index (κ3) is 5.73. The van der Waals surface area contributed by atoms with Crippen LogP contribution in [0, 0.1) is 17.6 Å². The summed E-state index contributed by atoms with van der Waals surface area (Å²) in [6.07, 6.45) is 4.66. The van der Waals surface area contributed by atoms with Gasteiger partial charge in [0.2, 0.25) is 5.89 Å². The van der Waals surface area contributed by atoms with E-state index in [0.717, 1.165) is 49.3 Å². The van der Waals surface area contributed by atoms with Crippen molar-refractivity contribution in [3.63, 3.8) is 0 Å². The molecule has 0 N–H and O–H groups in total. The number of ether oxygens (including phenoxy) is 1. The Labute approximate surface area is 245 Å². The van der Waals surface area contributed by atoms with Crippen molar-refractivity contribution in [2.24, 2.45) is 10.9 Å². The molecule has 2 atom stereocenters. The molecule has 42 heavy (non-hydrogen) atoms. The van der Waals surface area contributed by atoms with Gasteiger partial charge in [0, 0.05) is 35.6 Å². The van der Waals surface area contributed by atoms with Gasteiger partial charge in [-0.05, 0) is 73.3 Å². The fraction of sp³-hybridized carbons (Fsp3) is 0.382. The molecular weight excluding hydrogens is 534 g/mol. The van der Waals surface area contributed by atoms with E-state index in [4.69, 9.17) is 14.3 Å². The predicted molar refractivity (Wildman–Crippen MR) is 159 cm³/mol. The number of rotatable bonds is 8. The minimum Gasteiger partial charge on any atom is -0.486 e. The highest BCUT2D eigenvalue weighted by molar-refractivity contribution is 5.85. The topological polar surface area (TPSA) is 63.8 Å². The monoisotopic (exact) mass is 570 g/mol. The van der Waals surface area contributed by atoms with E-state index in [0.29, 0.717) is 22.7 Å². The number of nitrogens with zero attached hydrogens (tertiary/aromatic N) is 4. The lowest BCUT2D eigenvalue weighted by molar-refractivity contribution is 0.125. The first-order valence-corrected chi connectivity index (χ1v) is 14.8. The molecule has 8 heteroatoms. The van der Waals surface area contributed by atoms with Gasteiger partial charge in [-0.1, -0.05) is 62.3 Å². The molecule has 218 valence electrons. The Bertz CT molecular complexity index is 1560. The van der Waals surface area contributed by atoms with Gasteiger partial charge in [0.05, 0.1) is 5.69 Å². The Morgan fingerprint density at radius 3 is 2.50 bits per heavy atom. The van der Waals surface area contributed by atoms with Crippen molar-refractivity contribution in [3.8, 4) is 16.9 Å². The van der Waals surface area contributed by atoms with Crippen molar-refractivity contribution in [2.75, 3.05) is 13.1 Å². The summed E-state index contributed by atoms with van der Waals surface area (Å²) in [7, 11) is 0. The van der Waals surface area contributed by atoms with E-state index in [1.54, 1.807) is 18.2 Å². The Hall–Kier alpha value is -3.91. The van der Waals surface area contributed by atoms with Crippen LogP contribution in [-0.2, 0) is 6.61 Å². The summed E-state index contributed by atoms with van der Waals surface area (Å²) in [5.74, 6) is 1.35. The second-order valence-corrected chi connectivity index (χ2v) is 11.6. The maximum absolute atomic E-state index is 15.2. The van der Waals surface area contributed by atoms with Crippen molar-refractivity contribution in [1.82, 2.24) is 15.0 Å². The lowest BCUT2D eigenvalue weighted by Gasteiger charge is -2.41. The van der Waals surface area contributed by atoms with Gasteiger partial charge in [0.25, 0.3) is 0 Å². The van der Waals surface area contributed by atoms with Gasteiger partial charge in [-0.15, -0.1) is 0 Å². The van der Waals surface area contributed by atoms with Crippen LogP contribution in [0.4, 0.5) is 14.5 Å². The Kier molecular flexibility index (Phi) is 8.16. The molecule has 6 nitrogen and oxygen atoms in total. The third-order valence-corrected chi connectivity index (χ3v) is 8.41. The minimum absolute atomic E-state index is 0.0206. The van der Waals surface area contributed by atoms with Crippen molar-refractivity contribution >= 4 is 11.9 Å². The average molecular weight is 571 g/mol. The summed E-state index contributed by atoms with van der Waals surface area (Å²) < 4.78 is 41.6. The fourth-order valence-corrected chi connectivity index (χ4v) is 6.09. The lowest BCUT2D eigenvalue weighted by Crippen LogP contribution is -2.40. The van der Waals surface area contributed by atoms with Crippen LogP contribution >= 0.6 is 0 Å². The number of aliphatic imine (C=N–C) groups is 1. The predicted octanol–water partition coefficient (Wildman–Crippen LogP) is 8.38. The standard InChI is InChI=1S/C34H36F2N4O2/c1-4-23-19-37-31-27(25-10-11-30(29(36)16-25)41-20-22-8-6-5-7-9-22)17-26(35)18-28(31)32(23)40-14-12-24(13-15-40)33-38-34(21(2)3)42-39-33/h5-11,16-19,21,23-24,32H,4,12-15,20H2,1-3H3. The van der Waals surface area contributed by atoms with Crippen LogP contribution < -0.4 is 4.74 Å². The maximum atomic E-state index is 15.2. The Balaban J connectivity index is 1.25. The molecule has 1 saturated heterocycles. The molecule has 0 amide bonds. The minimum atomic E-state index is -0.492. The molecule has 1 aromatic heterocycles. The van der Waals surface area contributed by atoms with Crippen LogP contribution in [0.25, 0.3) is 11.1 Å². The number of piperidine rings is 1. The summed E-state index contributed by atoms with van der Waals surface area (Å²) in [4.78, 5) is 11.9. The fourth-order valence-electron chi connectivity index (χ4n) is 6.09. The molecule has 3 aromatic carbocycles. The van der Waals surface area contributed by atoms with Crippen molar-refractivity contribution < 1.29 is 18.0 Å². The molecule has 0 aliphatic carbocycles. The van der Waals surface area contributed by atoms with Gasteiger partial charge in [0.15, 0.2) is 17.4 Å². The normalized spacial score (nSPS) is 19.3. The third-order valence-electron chi connectivity index (χ3n) is 8.41. The number of aromatic nitrogens is 2. The number of halogens is 2. The van der Waals surface area contributed by atoms with Crippen LogP contribution in [0.3, 0.4) is 0 Å². The van der Waals surface area contributed by atoms with Gasteiger partial charge < -0.3 is 9.26 Å². The van der Waals surface area contributed by atoms with Crippen LogP contribution in [0.2, 0.25) is 0 Å². The zero-order valence-electron chi connectivity index (χ0n) is 24.3. The molecule has 0 spiro atoms. The molecule has 0 bridgehead atoms. The molecule has 1 fully saturated rings. The molecular formula is C34H36F2N4O2. The number of benzene rings is 3. The largest absolute Gasteiger partial charge is 0.486 e. The summed E-state index contributed by atoms with van der Waals surface area (Å²) in [5.41, 5.74) is 3.65. The zero-order chi connectivity index (χ0) is 29.2. The van der Waals surface area contributed by atoms with E-state index in [2.05, 4.69) is 22.0 Å². The lowest BCUT2D eigenvalue weighted by atomic mass is 9.83. The maximum Gasteiger partial charge on any atom is 0.229 e. The van der Waals surface area contributed by atoms with Crippen molar-refractivity contribution in [2.45, 2.75) is 64.5 Å². The highest BCUT2D eigenvalue weighted by atomic mass is 19.1. The van der Waals surface area contributed by atoms with E-state index < -0.39 is 5.82 Å². The van der Waals surface area contributed by atoms with Crippen molar-refractivity contribution in [3.05, 3.63) is 95.1 Å². The first kappa shape index (κ1) is 28.2. The Morgan fingerprint density at radius 2 is 1.81 bits per heavy atom. The van der Waals surface area contributed by atoms with Gasteiger partial charge in [-0.2, -0.15) is 4.98 Å². The summed E-state index contributed by atoms with van der Waals surface area (Å²) in [5, 5.41) is 4.25. The Morgan fingerprint density at radius 1 is 1.02 bits per heavy atom. The number of hydrogen-bond acceptors (Lipinski definition) is 6. The summed E-state index contributed by atoms with van der Waals surface area (Å²) in [6, 6.07) is 17.5. The van der Waals surface area contributed by atoms with Gasteiger partial charge in [0.1, 0.15) is 12.4 Å². The second kappa shape index (κ2) is 12.1. The van der Waals surface area contributed by atoms with E-state index in [-0.39, 0.29) is 42.0 Å². The second-order valence-electron chi connectivity index (χ2n) is 11.6. The highest BCUT2D eigenvalue weighted by Gasteiger charge is 2.36. The number of fused-ring (bicyclic) bond motifs is 1. The first-order valence-electron chi connectivity index (χ1n) is 14.8. The smallest absolute Gasteiger partial charge is 0.229 e. The SMILES string of the molecule is CCC1C=Nc2c(-c3ccc(OCc4ccccc4)c(F)c3)cc(F)cc2C1N1CCC(c2noc(C(C)C)n2)CC1. The molecule has 3 heterocycles. The van der Waals surface area contributed by atoms with Gasteiger partial charge in [-0.25, -0.2) is 8.78 Å². The number of hydrogen-bond donors (Lipinski definition) is 0. The highest BCUT2D eigenvalue weighted by Crippen LogP contribution is 2.46. The number of likely N-dealkylation sites (tertiary alicyclic amines) is 1. The van der Waals surface area contributed by atoms with Gasteiger partial charge >= 0.3 is 0 Å². The van der Waals surface area contributed by atoms with E-state index >= 15 is 8.78 Å². The summed E-state index contributed by atoms with van der Waals surface area (Å²) in [6.45, 7) is 8.15. The first-order chi connectivity index (χ1) is 20.4. The summed E-state index contributed by atoms with van der Waals surface area (Å²) >= 11 is 0. The van der Waals surface area contributed by atoms with Crippen molar-refractivity contribution in [1.29, 1.82) is 0 Å². The molecule has 0 radical (unpaired) electrons. The van der Waals surface area contributed by atoms with E-state index in [1.165, 1.54) is 12.1 Å². The molecule has 2 aliphatic heterocycles. The van der Waals surface area contributed by atoms with E-state index in [1.807, 2.05) is 50.4 Å². The molecule has 4 aromatic rings. The van der Waals surface area contributed by atoms with E-state index in [9.17, 15) is 0 Å². The zero-order valence-corrected chi connectivity index (χ0v) is 24.3. The molecule has 6 rings (SSSR count). The molecule has 2 unspecified atom stereocenters. The van der Waals surface area contributed by atoms with Crippen LogP contribution in [-0.4, -0.2) is 34.3 Å². The quantitative estimate of drug-likeness (QED) is 0.213. The van der Waals surface area contributed by atoms with Crippen LogP contribution in [0.5, 0.6) is 5.75 Å². The molecule has 2 aliphatic rings. The van der Waals surface area contributed by atoms with Gasteiger partial charge in [-0.3, -0.25) is 9.89 Å².